The number of hydrogen-bond donors (Lipinski definition) is 0. The van der Waals surface area contributed by atoms with Crippen LogP contribution in [0.4, 0.5) is 0 Å². The molecule has 128 valence electrons. The van der Waals surface area contributed by atoms with E-state index in [9.17, 15) is 8.42 Å². The molecule has 5 heteroatoms. The van der Waals surface area contributed by atoms with Crippen LogP contribution >= 0.6 is 0 Å². The summed E-state index contributed by atoms with van der Waals surface area (Å²) < 4.78 is 37.6. The largest absolute Gasteiger partial charge is 0.353 e. The molecule has 2 aromatic carbocycles. The molecule has 0 N–H and O–H groups in total. The predicted molar refractivity (Wildman–Crippen MR) is 92.3 cm³/mol. The van der Waals surface area contributed by atoms with E-state index in [0.717, 1.165) is 5.56 Å². The van der Waals surface area contributed by atoms with Gasteiger partial charge in [-0.15, -0.1) is 0 Å². The van der Waals surface area contributed by atoms with Crippen LogP contribution in [0.2, 0.25) is 0 Å². The third-order valence-corrected chi connectivity index (χ3v) is 6.47. The van der Waals surface area contributed by atoms with Crippen molar-refractivity contribution in [3.63, 3.8) is 0 Å². The lowest BCUT2D eigenvalue weighted by Gasteiger charge is -2.35. The standard InChI is InChI=1S/C19H22O4S/c1-2-22-19-14-17(24(20,21)16-11-7-4-8-12-16)13-18(23-19)15-9-5-3-6-10-15/h3-12,17-19H,2,13-14H2,1H3/t17-,18-,19-/m0/s1. The first-order valence-electron chi connectivity index (χ1n) is 8.22. The van der Waals surface area contributed by atoms with E-state index in [-0.39, 0.29) is 6.10 Å². The minimum Gasteiger partial charge on any atom is -0.353 e. The summed E-state index contributed by atoms with van der Waals surface area (Å²) in [5, 5.41) is -0.518. The summed E-state index contributed by atoms with van der Waals surface area (Å²) in [5.41, 5.74) is 0.982. The van der Waals surface area contributed by atoms with Crippen molar-refractivity contribution in [3.05, 3.63) is 66.2 Å². The van der Waals surface area contributed by atoms with Gasteiger partial charge in [-0.2, -0.15) is 0 Å². The fourth-order valence-corrected chi connectivity index (χ4v) is 4.84. The Morgan fingerprint density at radius 3 is 2.25 bits per heavy atom. The van der Waals surface area contributed by atoms with Gasteiger partial charge in [-0.25, -0.2) is 8.42 Å². The fourth-order valence-electron chi connectivity index (χ4n) is 3.08. The molecule has 0 radical (unpaired) electrons. The first kappa shape index (κ1) is 17.1. The molecule has 0 amide bonds. The smallest absolute Gasteiger partial charge is 0.181 e. The normalized spacial score (nSPS) is 24.6. The highest BCUT2D eigenvalue weighted by Crippen LogP contribution is 2.36. The molecule has 4 nitrogen and oxygen atoms in total. The molecule has 0 bridgehead atoms. The maximum absolute atomic E-state index is 13.0. The van der Waals surface area contributed by atoms with Gasteiger partial charge in [0.25, 0.3) is 0 Å². The highest BCUT2D eigenvalue weighted by molar-refractivity contribution is 7.92. The number of rotatable bonds is 5. The second-order valence-electron chi connectivity index (χ2n) is 5.87. The number of ether oxygens (including phenoxy) is 2. The molecule has 2 aromatic rings. The van der Waals surface area contributed by atoms with Crippen molar-refractivity contribution >= 4 is 9.84 Å². The SMILES string of the molecule is CCO[C@@H]1C[C@@H](S(=O)(=O)c2ccccc2)C[C@@H](c2ccccc2)O1. The van der Waals surface area contributed by atoms with Crippen molar-refractivity contribution in [2.75, 3.05) is 6.61 Å². The van der Waals surface area contributed by atoms with E-state index >= 15 is 0 Å². The average molecular weight is 346 g/mol. The van der Waals surface area contributed by atoms with Crippen molar-refractivity contribution in [2.45, 2.75) is 42.3 Å². The van der Waals surface area contributed by atoms with Crippen molar-refractivity contribution in [2.24, 2.45) is 0 Å². The van der Waals surface area contributed by atoms with E-state index in [2.05, 4.69) is 0 Å². The summed E-state index contributed by atoms with van der Waals surface area (Å²) in [5.74, 6) is 0. The maximum Gasteiger partial charge on any atom is 0.181 e. The minimum absolute atomic E-state index is 0.278. The van der Waals surface area contributed by atoms with E-state index in [4.69, 9.17) is 9.47 Å². The van der Waals surface area contributed by atoms with E-state index < -0.39 is 21.4 Å². The van der Waals surface area contributed by atoms with Gasteiger partial charge in [-0.05, 0) is 31.0 Å². The molecule has 1 aliphatic heterocycles. The fraction of sp³-hybridized carbons (Fsp3) is 0.368. The Morgan fingerprint density at radius 1 is 1.00 bits per heavy atom. The van der Waals surface area contributed by atoms with Gasteiger partial charge in [-0.1, -0.05) is 48.5 Å². The summed E-state index contributed by atoms with van der Waals surface area (Å²) in [6, 6.07) is 18.4. The van der Waals surface area contributed by atoms with Gasteiger partial charge < -0.3 is 9.47 Å². The first-order chi connectivity index (χ1) is 11.6. The maximum atomic E-state index is 13.0. The number of benzene rings is 2. The summed E-state index contributed by atoms with van der Waals surface area (Å²) in [4.78, 5) is 0.360. The molecule has 0 aromatic heterocycles. The van der Waals surface area contributed by atoms with Crippen molar-refractivity contribution in [1.29, 1.82) is 0 Å². The zero-order valence-corrected chi connectivity index (χ0v) is 14.5. The number of hydrogen-bond acceptors (Lipinski definition) is 4. The van der Waals surface area contributed by atoms with E-state index in [1.807, 2.05) is 43.3 Å². The van der Waals surface area contributed by atoms with Crippen LogP contribution in [0.15, 0.2) is 65.6 Å². The van der Waals surface area contributed by atoms with Crippen LogP contribution in [-0.4, -0.2) is 26.6 Å². The quantitative estimate of drug-likeness (QED) is 0.827. The van der Waals surface area contributed by atoms with E-state index in [1.165, 1.54) is 0 Å². The molecule has 0 unspecified atom stereocenters. The van der Waals surface area contributed by atoms with E-state index in [0.29, 0.717) is 24.3 Å². The molecule has 3 atom stereocenters. The molecule has 1 aliphatic rings. The molecule has 1 heterocycles. The lowest BCUT2D eigenvalue weighted by atomic mass is 10.0. The Bertz CT molecular complexity index is 743. The summed E-state index contributed by atoms with van der Waals surface area (Å²) in [6.45, 7) is 2.38. The molecular weight excluding hydrogens is 324 g/mol. The van der Waals surface area contributed by atoms with E-state index in [1.54, 1.807) is 24.3 Å². The lowest BCUT2D eigenvalue weighted by molar-refractivity contribution is -0.192. The van der Waals surface area contributed by atoms with Crippen LogP contribution < -0.4 is 0 Å². The Hall–Kier alpha value is -1.69. The van der Waals surface area contributed by atoms with Crippen LogP contribution in [-0.2, 0) is 19.3 Å². The molecule has 0 saturated carbocycles. The first-order valence-corrected chi connectivity index (χ1v) is 9.77. The van der Waals surface area contributed by atoms with Crippen molar-refractivity contribution in [1.82, 2.24) is 0 Å². The Kier molecular flexibility index (Phi) is 5.33. The lowest BCUT2D eigenvalue weighted by Crippen LogP contribution is -2.37. The van der Waals surface area contributed by atoms with Crippen LogP contribution in [0.5, 0.6) is 0 Å². The van der Waals surface area contributed by atoms with Crippen molar-refractivity contribution in [3.8, 4) is 0 Å². The Labute approximate surface area is 143 Å². The highest BCUT2D eigenvalue weighted by atomic mass is 32.2. The van der Waals surface area contributed by atoms with Crippen LogP contribution in [0.25, 0.3) is 0 Å². The Morgan fingerprint density at radius 2 is 1.62 bits per heavy atom. The van der Waals surface area contributed by atoms with Crippen molar-refractivity contribution < 1.29 is 17.9 Å². The number of sulfone groups is 1. The van der Waals surface area contributed by atoms with Gasteiger partial charge in [0.2, 0.25) is 0 Å². The van der Waals surface area contributed by atoms with Crippen LogP contribution in [0.1, 0.15) is 31.4 Å². The van der Waals surface area contributed by atoms with Gasteiger partial charge in [-0.3, -0.25) is 0 Å². The van der Waals surface area contributed by atoms with Crippen LogP contribution in [0, 0.1) is 0 Å². The van der Waals surface area contributed by atoms with Gasteiger partial charge >= 0.3 is 0 Å². The zero-order chi connectivity index (χ0) is 17.0. The third kappa shape index (κ3) is 3.69. The monoisotopic (exact) mass is 346 g/mol. The average Bonchev–Trinajstić information content (AvgIpc) is 2.63. The minimum atomic E-state index is -3.41. The molecule has 24 heavy (non-hydrogen) atoms. The summed E-state index contributed by atoms with van der Waals surface area (Å²) in [7, 11) is -3.41. The summed E-state index contributed by atoms with van der Waals surface area (Å²) >= 11 is 0. The second-order valence-corrected chi connectivity index (χ2v) is 8.10. The van der Waals surface area contributed by atoms with Gasteiger partial charge in [0.05, 0.1) is 16.2 Å². The molecule has 0 aliphatic carbocycles. The van der Waals surface area contributed by atoms with Gasteiger partial charge in [0, 0.05) is 13.0 Å². The predicted octanol–water partition coefficient (Wildman–Crippen LogP) is 3.74. The molecule has 3 rings (SSSR count). The van der Waals surface area contributed by atoms with Crippen LogP contribution in [0.3, 0.4) is 0 Å². The third-order valence-electron chi connectivity index (χ3n) is 4.28. The highest BCUT2D eigenvalue weighted by Gasteiger charge is 2.38. The zero-order valence-electron chi connectivity index (χ0n) is 13.7. The topological polar surface area (TPSA) is 52.6 Å². The molecular formula is C19H22O4S. The Balaban J connectivity index is 1.89. The molecule has 1 fully saturated rings. The molecule has 1 saturated heterocycles. The van der Waals surface area contributed by atoms with Gasteiger partial charge in [0.15, 0.2) is 16.1 Å². The second kappa shape index (κ2) is 7.47. The van der Waals surface area contributed by atoms with Gasteiger partial charge in [0.1, 0.15) is 0 Å². The molecule has 0 spiro atoms. The summed E-state index contributed by atoms with van der Waals surface area (Å²) in [6.07, 6.45) is 0.0107.